The molecular formula is C31H38N6O4S2. The number of aromatic nitrogens is 3. The number of carbonyl (C=O) groups excluding carboxylic acids is 2. The van der Waals surface area contributed by atoms with E-state index in [4.69, 9.17) is 19.4 Å². The average Bonchev–Trinajstić information content (AvgIpc) is 3.68. The maximum atomic E-state index is 13.5. The van der Waals surface area contributed by atoms with Crippen molar-refractivity contribution in [2.75, 3.05) is 37.7 Å². The van der Waals surface area contributed by atoms with Crippen molar-refractivity contribution in [3.8, 4) is 21.1 Å². The van der Waals surface area contributed by atoms with Crippen LogP contribution in [0, 0.1) is 0 Å². The zero-order valence-corrected chi connectivity index (χ0v) is 27.1. The number of hydrogen-bond donors (Lipinski definition) is 1. The normalized spacial score (nSPS) is 15.0. The number of amides is 2. The third-order valence-corrected chi connectivity index (χ3v) is 8.40. The van der Waals surface area contributed by atoms with Crippen LogP contribution in [0.1, 0.15) is 41.5 Å². The van der Waals surface area contributed by atoms with E-state index in [2.05, 4.69) is 27.3 Å². The highest BCUT2D eigenvalue weighted by Crippen LogP contribution is 2.35. The van der Waals surface area contributed by atoms with Crippen LogP contribution in [0.4, 0.5) is 10.5 Å². The number of anilines is 1. The van der Waals surface area contributed by atoms with Crippen LogP contribution in [-0.2, 0) is 14.3 Å². The van der Waals surface area contributed by atoms with Gasteiger partial charge in [0.2, 0.25) is 5.91 Å². The first-order chi connectivity index (χ1) is 20.4. The number of piperazine rings is 1. The first-order valence-electron chi connectivity index (χ1n) is 14.3. The minimum Gasteiger partial charge on any atom is -0.444 e. The predicted molar refractivity (Wildman–Crippen MR) is 172 cm³/mol. The molecule has 5 rings (SSSR count). The molecule has 5 heterocycles. The third-order valence-electron chi connectivity index (χ3n) is 6.64. The molecule has 0 spiro atoms. The summed E-state index contributed by atoms with van der Waals surface area (Å²) in [4.78, 5) is 46.7. The summed E-state index contributed by atoms with van der Waals surface area (Å²) in [5.41, 5.74) is 2.78. The summed E-state index contributed by atoms with van der Waals surface area (Å²) in [6.45, 7) is 13.3. The Morgan fingerprint density at radius 1 is 0.930 bits per heavy atom. The van der Waals surface area contributed by atoms with Crippen LogP contribution in [0.15, 0.2) is 47.3 Å². The number of nitrogens with zero attached hydrogens (tertiary/aromatic N) is 5. The number of nitrogens with one attached hydrogen (secondary N) is 1. The van der Waals surface area contributed by atoms with E-state index in [9.17, 15) is 9.59 Å². The molecule has 0 aliphatic carbocycles. The standard InChI is InChI=1S/C31H38N6O4S2/c1-30(2,3)40-19-22(34-29(39)41-31(4,5)6)28(38)37-13-11-36(12-14-37)20-17-21-27(32-18-20)35-26(24-10-8-16-43-24)25(33-21)23-9-7-15-42-23/h7-10,15-18,22H,11-14,19H2,1-6H3,(H,34,39). The maximum absolute atomic E-state index is 13.5. The number of rotatable bonds is 7. The molecule has 4 aromatic heterocycles. The molecule has 0 radical (unpaired) electrons. The fourth-order valence-electron chi connectivity index (χ4n) is 4.64. The minimum atomic E-state index is -0.855. The Morgan fingerprint density at radius 2 is 1.56 bits per heavy atom. The van der Waals surface area contributed by atoms with E-state index in [1.165, 1.54) is 0 Å². The molecule has 1 fully saturated rings. The van der Waals surface area contributed by atoms with Crippen LogP contribution < -0.4 is 10.2 Å². The van der Waals surface area contributed by atoms with Gasteiger partial charge in [-0.3, -0.25) is 4.79 Å². The Hall–Kier alpha value is -3.61. The first-order valence-corrected chi connectivity index (χ1v) is 16.0. The maximum Gasteiger partial charge on any atom is 0.408 e. The molecule has 1 aliphatic heterocycles. The van der Waals surface area contributed by atoms with Crippen molar-refractivity contribution in [2.24, 2.45) is 0 Å². The van der Waals surface area contributed by atoms with E-state index in [0.717, 1.165) is 32.3 Å². The molecule has 43 heavy (non-hydrogen) atoms. The van der Waals surface area contributed by atoms with Crippen molar-refractivity contribution in [2.45, 2.75) is 58.8 Å². The second-order valence-electron chi connectivity index (χ2n) is 12.3. The van der Waals surface area contributed by atoms with Gasteiger partial charge in [-0.05, 0) is 70.5 Å². The van der Waals surface area contributed by atoms with E-state index in [1.807, 2.05) is 55.9 Å². The van der Waals surface area contributed by atoms with Gasteiger partial charge in [0.1, 0.15) is 28.5 Å². The van der Waals surface area contributed by atoms with Gasteiger partial charge in [-0.15, -0.1) is 22.7 Å². The van der Waals surface area contributed by atoms with Crippen LogP contribution in [0.2, 0.25) is 0 Å². The summed E-state index contributed by atoms with van der Waals surface area (Å²) in [5.74, 6) is -0.195. The minimum absolute atomic E-state index is 0.0507. The smallest absolute Gasteiger partial charge is 0.408 e. The van der Waals surface area contributed by atoms with Crippen molar-refractivity contribution in [1.82, 2.24) is 25.2 Å². The molecular weight excluding hydrogens is 585 g/mol. The number of fused-ring (bicyclic) bond motifs is 1. The lowest BCUT2D eigenvalue weighted by Crippen LogP contribution is -2.57. The van der Waals surface area contributed by atoms with Crippen molar-refractivity contribution >= 4 is 51.5 Å². The molecule has 12 heteroatoms. The molecule has 0 bridgehead atoms. The molecule has 4 aromatic rings. The van der Waals surface area contributed by atoms with E-state index in [1.54, 1.807) is 48.3 Å². The summed E-state index contributed by atoms with van der Waals surface area (Å²) in [6, 6.07) is 9.30. The monoisotopic (exact) mass is 622 g/mol. The molecule has 228 valence electrons. The molecule has 1 N–H and O–H groups in total. The zero-order chi connectivity index (χ0) is 30.8. The van der Waals surface area contributed by atoms with Crippen molar-refractivity contribution in [3.63, 3.8) is 0 Å². The highest BCUT2D eigenvalue weighted by molar-refractivity contribution is 7.14. The SMILES string of the molecule is CC(C)(C)OCC(NC(=O)OC(C)(C)C)C(=O)N1CCN(c2cnc3nc(-c4cccs4)c(-c4cccs4)nc3c2)CC1. The molecule has 1 unspecified atom stereocenters. The third kappa shape index (κ3) is 7.87. The number of thiophene rings is 2. The number of alkyl carbamates (subject to hydrolysis) is 1. The Kier molecular flexibility index (Phi) is 9.00. The van der Waals surface area contributed by atoms with E-state index in [-0.39, 0.29) is 12.5 Å². The lowest BCUT2D eigenvalue weighted by molar-refractivity contribution is -0.137. The Labute approximate surface area is 260 Å². The lowest BCUT2D eigenvalue weighted by Gasteiger charge is -2.38. The summed E-state index contributed by atoms with van der Waals surface area (Å²) >= 11 is 3.27. The molecule has 10 nitrogen and oxygen atoms in total. The second kappa shape index (κ2) is 12.6. The van der Waals surface area contributed by atoms with Gasteiger partial charge in [0.05, 0.1) is 33.8 Å². The first kappa shape index (κ1) is 30.8. The van der Waals surface area contributed by atoms with E-state index < -0.39 is 23.3 Å². The van der Waals surface area contributed by atoms with Gasteiger partial charge in [-0.25, -0.2) is 19.7 Å². The van der Waals surface area contributed by atoms with Gasteiger partial charge in [0, 0.05) is 26.2 Å². The van der Waals surface area contributed by atoms with Gasteiger partial charge in [0.15, 0.2) is 5.65 Å². The van der Waals surface area contributed by atoms with Crippen molar-refractivity contribution in [3.05, 3.63) is 47.3 Å². The van der Waals surface area contributed by atoms with Gasteiger partial charge >= 0.3 is 6.09 Å². The van der Waals surface area contributed by atoms with Crippen LogP contribution >= 0.6 is 22.7 Å². The zero-order valence-electron chi connectivity index (χ0n) is 25.4. The molecule has 2 amide bonds. The molecule has 0 saturated carbocycles. The van der Waals surface area contributed by atoms with Gasteiger partial charge in [-0.1, -0.05) is 12.1 Å². The summed E-state index contributed by atoms with van der Waals surface area (Å²) in [5, 5.41) is 6.80. The summed E-state index contributed by atoms with van der Waals surface area (Å²) < 4.78 is 11.3. The number of pyridine rings is 1. The number of hydrogen-bond acceptors (Lipinski definition) is 10. The van der Waals surface area contributed by atoms with Crippen LogP contribution in [0.25, 0.3) is 32.3 Å². The molecule has 0 aromatic carbocycles. The second-order valence-corrected chi connectivity index (χ2v) is 14.2. The molecule has 1 aliphatic rings. The topological polar surface area (TPSA) is 110 Å². The molecule has 1 atom stereocenters. The van der Waals surface area contributed by atoms with Gasteiger partial charge in [-0.2, -0.15) is 0 Å². The van der Waals surface area contributed by atoms with Crippen LogP contribution in [-0.4, -0.2) is 81.9 Å². The van der Waals surface area contributed by atoms with Crippen LogP contribution in [0.5, 0.6) is 0 Å². The lowest BCUT2D eigenvalue weighted by atomic mass is 10.1. The average molecular weight is 623 g/mol. The Morgan fingerprint density at radius 3 is 2.12 bits per heavy atom. The molecule has 1 saturated heterocycles. The summed E-state index contributed by atoms with van der Waals surface area (Å²) in [7, 11) is 0. The predicted octanol–water partition coefficient (Wildman–Crippen LogP) is 5.84. The fraction of sp³-hybridized carbons (Fsp3) is 0.452. The largest absolute Gasteiger partial charge is 0.444 e. The van der Waals surface area contributed by atoms with Gasteiger partial charge in [0.25, 0.3) is 0 Å². The van der Waals surface area contributed by atoms with Gasteiger partial charge < -0.3 is 24.6 Å². The quantitative estimate of drug-likeness (QED) is 0.274. The van der Waals surface area contributed by atoms with E-state index in [0.29, 0.717) is 31.8 Å². The fourth-order valence-corrected chi connectivity index (χ4v) is 6.07. The van der Waals surface area contributed by atoms with Crippen LogP contribution in [0.3, 0.4) is 0 Å². The highest BCUT2D eigenvalue weighted by atomic mass is 32.1. The Balaban J connectivity index is 1.31. The van der Waals surface area contributed by atoms with E-state index >= 15 is 0 Å². The number of carbonyl (C=O) groups is 2. The highest BCUT2D eigenvalue weighted by Gasteiger charge is 2.32. The summed E-state index contributed by atoms with van der Waals surface area (Å²) in [6.07, 6.45) is 1.18. The number of ether oxygens (including phenoxy) is 2. The van der Waals surface area contributed by atoms with Crippen molar-refractivity contribution in [1.29, 1.82) is 0 Å². The van der Waals surface area contributed by atoms with Crippen molar-refractivity contribution < 1.29 is 19.1 Å². The Bertz CT molecular complexity index is 1550.